The van der Waals surface area contributed by atoms with Gasteiger partial charge in [0.2, 0.25) is 11.8 Å². The second kappa shape index (κ2) is 7.46. The molecule has 2 aromatic rings. The van der Waals surface area contributed by atoms with Crippen molar-refractivity contribution in [2.24, 2.45) is 5.73 Å². The minimum Gasteiger partial charge on any atom is -0.440 e. The molecule has 0 bridgehead atoms. The largest absolute Gasteiger partial charge is 0.440 e. The van der Waals surface area contributed by atoms with E-state index in [1.807, 2.05) is 0 Å². The number of allylic oxidation sites excluding steroid dienone is 1. The van der Waals surface area contributed by atoms with Crippen molar-refractivity contribution in [1.82, 2.24) is 0 Å². The molecule has 0 aliphatic carbocycles. The third kappa shape index (κ3) is 3.13. The lowest BCUT2D eigenvalue weighted by atomic mass is 9.68. The van der Waals surface area contributed by atoms with Crippen LogP contribution in [-0.4, -0.2) is 17.4 Å². The Morgan fingerprint density at radius 3 is 2.58 bits per heavy atom. The molecule has 0 saturated carbocycles. The van der Waals surface area contributed by atoms with Crippen molar-refractivity contribution >= 4 is 29.4 Å². The first-order valence-electron chi connectivity index (χ1n) is 9.95. The van der Waals surface area contributed by atoms with Gasteiger partial charge in [0.25, 0.3) is 0 Å². The molecule has 1 unspecified atom stereocenters. The van der Waals surface area contributed by atoms with E-state index in [0.717, 1.165) is 12.1 Å². The first-order valence-corrected chi connectivity index (χ1v) is 11.1. The number of benzene rings is 2. The Labute approximate surface area is 191 Å². The van der Waals surface area contributed by atoms with E-state index in [9.17, 15) is 23.2 Å². The summed E-state index contributed by atoms with van der Waals surface area (Å²) in [7, 11) is 0. The number of nitrogens with two attached hydrogens (primary N) is 1. The molecule has 2 aromatic carbocycles. The molecule has 1 atom stereocenters. The second-order valence-corrected chi connectivity index (χ2v) is 8.78. The fourth-order valence-corrected chi connectivity index (χ4v) is 5.60. The number of carbonyl (C=O) groups excluding carboxylic acids is 1. The molecule has 0 radical (unpaired) electrons. The Morgan fingerprint density at radius 2 is 1.88 bits per heavy atom. The van der Waals surface area contributed by atoms with Crippen LogP contribution in [0.15, 0.2) is 76.9 Å². The number of alkyl halides is 3. The molecule has 3 N–H and O–H groups in total. The van der Waals surface area contributed by atoms with Crippen molar-refractivity contribution in [2.75, 3.05) is 16.8 Å². The van der Waals surface area contributed by atoms with Gasteiger partial charge in [0, 0.05) is 33.9 Å². The highest BCUT2D eigenvalue weighted by Crippen LogP contribution is 2.54. The molecule has 0 saturated heterocycles. The number of nitrogens with one attached hydrogen (secondary N) is 1. The van der Waals surface area contributed by atoms with Crippen LogP contribution in [0.2, 0.25) is 0 Å². The van der Waals surface area contributed by atoms with Gasteiger partial charge in [0.15, 0.2) is 0 Å². The van der Waals surface area contributed by atoms with Crippen LogP contribution in [0.4, 0.5) is 18.9 Å². The Kier molecular flexibility index (Phi) is 4.79. The average molecular weight is 467 g/mol. The van der Waals surface area contributed by atoms with Gasteiger partial charge in [-0.1, -0.05) is 30.3 Å². The number of carbonyl (C=O) groups is 1. The van der Waals surface area contributed by atoms with Gasteiger partial charge < -0.3 is 15.8 Å². The van der Waals surface area contributed by atoms with Gasteiger partial charge in [-0.15, -0.1) is 0 Å². The van der Waals surface area contributed by atoms with E-state index in [1.165, 1.54) is 23.9 Å². The number of rotatable bonds is 1. The van der Waals surface area contributed by atoms with Gasteiger partial charge in [-0.05, 0) is 29.8 Å². The lowest BCUT2D eigenvalue weighted by molar-refractivity contribution is -0.137. The highest BCUT2D eigenvalue weighted by atomic mass is 32.2. The third-order valence-electron chi connectivity index (χ3n) is 5.97. The smallest absolute Gasteiger partial charge is 0.416 e. The monoisotopic (exact) mass is 467 g/mol. The zero-order valence-electron chi connectivity index (χ0n) is 17.0. The summed E-state index contributed by atoms with van der Waals surface area (Å²) in [6, 6.07) is 14.0. The van der Waals surface area contributed by atoms with Gasteiger partial charge in [0.1, 0.15) is 22.8 Å². The number of anilines is 1. The Morgan fingerprint density at radius 1 is 1.15 bits per heavy atom. The minimum atomic E-state index is -4.42. The number of halogens is 3. The number of thioether (sulfide) groups is 1. The summed E-state index contributed by atoms with van der Waals surface area (Å²) in [6.07, 6.45) is -2.70. The summed E-state index contributed by atoms with van der Waals surface area (Å²) < 4.78 is 44.6. The van der Waals surface area contributed by atoms with E-state index in [2.05, 4.69) is 11.4 Å². The number of para-hydroxylation sites is 1. The Balaban J connectivity index is 1.68. The summed E-state index contributed by atoms with van der Waals surface area (Å²) >= 11 is 1.53. The number of hydrogen-bond acceptors (Lipinski definition) is 5. The topological polar surface area (TPSA) is 88.1 Å². The molecule has 3 aliphatic heterocycles. The molecule has 33 heavy (non-hydrogen) atoms. The molecule has 5 rings (SSSR count). The summed E-state index contributed by atoms with van der Waals surface area (Å²) in [6.45, 7) is 0. The zero-order valence-corrected chi connectivity index (χ0v) is 17.8. The van der Waals surface area contributed by atoms with E-state index in [-0.39, 0.29) is 17.4 Å². The summed E-state index contributed by atoms with van der Waals surface area (Å²) in [4.78, 5) is 13.4. The van der Waals surface area contributed by atoms with Crippen molar-refractivity contribution in [3.63, 3.8) is 0 Å². The fraction of sp³-hybridized carbons (Fsp3) is 0.167. The standard InChI is InChI=1S/C24H16F3N3O2S/c25-24(26,27)15-7-5-13(6-8-15)9-14-11-33-12-18-20(14)32-21(29)17(10-28)23(18)16-3-1-2-4-19(16)30-22(23)31/h1-9H,11-12,29H2,(H,30,31)/b14-9-. The van der Waals surface area contributed by atoms with Crippen molar-refractivity contribution in [3.8, 4) is 6.07 Å². The maximum Gasteiger partial charge on any atom is 0.416 e. The minimum absolute atomic E-state index is 0.0279. The molecular formula is C24H16F3N3O2S. The maximum atomic E-state index is 13.4. The molecule has 166 valence electrons. The zero-order chi connectivity index (χ0) is 23.4. The second-order valence-electron chi connectivity index (χ2n) is 7.79. The number of amides is 1. The molecule has 3 heterocycles. The average Bonchev–Trinajstić information content (AvgIpc) is 3.07. The van der Waals surface area contributed by atoms with Crippen molar-refractivity contribution in [2.45, 2.75) is 11.6 Å². The van der Waals surface area contributed by atoms with E-state index in [1.54, 1.807) is 30.3 Å². The van der Waals surface area contributed by atoms with Gasteiger partial charge >= 0.3 is 6.18 Å². The van der Waals surface area contributed by atoms with E-state index < -0.39 is 17.2 Å². The van der Waals surface area contributed by atoms with Crippen LogP contribution in [0.25, 0.3) is 6.08 Å². The Hall–Kier alpha value is -3.64. The highest BCUT2D eigenvalue weighted by molar-refractivity contribution is 7.99. The highest BCUT2D eigenvalue weighted by Gasteiger charge is 2.58. The SMILES string of the molecule is N#CC1=C(N)OC2=C(CSC/C2=C/c2ccc(C(F)(F)F)cc2)C12C(=O)Nc1ccccc12. The first-order chi connectivity index (χ1) is 15.8. The summed E-state index contributed by atoms with van der Waals surface area (Å²) in [5.41, 5.74) is 7.10. The first kappa shape index (κ1) is 21.2. The quantitative estimate of drug-likeness (QED) is 0.635. The van der Waals surface area contributed by atoms with Crippen LogP contribution in [0.1, 0.15) is 16.7 Å². The maximum absolute atomic E-state index is 13.4. The van der Waals surface area contributed by atoms with Crippen molar-refractivity contribution in [1.29, 1.82) is 5.26 Å². The van der Waals surface area contributed by atoms with Crippen LogP contribution >= 0.6 is 11.8 Å². The number of hydrogen-bond donors (Lipinski definition) is 2. The van der Waals surface area contributed by atoms with E-state index in [4.69, 9.17) is 10.5 Å². The van der Waals surface area contributed by atoms with E-state index >= 15 is 0 Å². The normalized spacial score (nSPS) is 23.2. The van der Waals surface area contributed by atoms with Crippen LogP contribution < -0.4 is 11.1 Å². The number of nitrogens with zero attached hydrogens (tertiary/aromatic N) is 1. The van der Waals surface area contributed by atoms with Crippen LogP contribution in [-0.2, 0) is 21.1 Å². The Bertz CT molecular complexity index is 1320. The molecule has 9 heteroatoms. The lowest BCUT2D eigenvalue weighted by Gasteiger charge is -2.38. The van der Waals surface area contributed by atoms with Gasteiger partial charge in [-0.2, -0.15) is 30.2 Å². The van der Waals surface area contributed by atoms with Crippen molar-refractivity contribution < 1.29 is 22.7 Å². The van der Waals surface area contributed by atoms with Crippen LogP contribution in [0, 0.1) is 11.3 Å². The predicted octanol–water partition coefficient (Wildman–Crippen LogP) is 4.70. The van der Waals surface area contributed by atoms with Gasteiger partial charge in [-0.25, -0.2) is 0 Å². The molecule has 0 fully saturated rings. The van der Waals surface area contributed by atoms with Gasteiger partial charge in [-0.3, -0.25) is 4.79 Å². The van der Waals surface area contributed by atoms with Crippen LogP contribution in [0.5, 0.6) is 0 Å². The lowest BCUT2D eigenvalue weighted by Crippen LogP contribution is -2.45. The van der Waals surface area contributed by atoms with Crippen molar-refractivity contribution in [3.05, 3.63) is 93.6 Å². The molecule has 1 spiro atoms. The molecule has 0 aromatic heterocycles. The number of nitriles is 1. The molecule has 5 nitrogen and oxygen atoms in total. The molecule has 1 amide bonds. The molecule has 3 aliphatic rings. The van der Waals surface area contributed by atoms with E-state index in [0.29, 0.717) is 45.2 Å². The van der Waals surface area contributed by atoms with Gasteiger partial charge in [0.05, 0.1) is 5.56 Å². The van der Waals surface area contributed by atoms with Crippen LogP contribution in [0.3, 0.4) is 0 Å². The fourth-order valence-electron chi connectivity index (χ4n) is 4.51. The number of fused-ring (bicyclic) bond motifs is 3. The molecular weight excluding hydrogens is 451 g/mol. The predicted molar refractivity (Wildman–Crippen MR) is 118 cm³/mol. The number of ether oxygens (including phenoxy) is 1. The third-order valence-corrected chi connectivity index (χ3v) is 6.97. The summed E-state index contributed by atoms with van der Waals surface area (Å²) in [5, 5.41) is 12.8. The summed E-state index contributed by atoms with van der Waals surface area (Å²) in [5.74, 6) is 0.787.